The largest absolute Gasteiger partial charge is 0.452 e. The van der Waals surface area contributed by atoms with E-state index in [1.165, 1.54) is 20.0 Å². The van der Waals surface area contributed by atoms with Gasteiger partial charge in [-0.05, 0) is 32.7 Å². The van der Waals surface area contributed by atoms with Gasteiger partial charge < -0.3 is 9.64 Å². The summed E-state index contributed by atoms with van der Waals surface area (Å²) in [6, 6.07) is 1.75. The lowest BCUT2D eigenvalue weighted by atomic mass is 9.99. The molecule has 1 amide bonds. The molecule has 2 aliphatic heterocycles. The molecule has 2 heterocycles. The quantitative estimate of drug-likeness (QED) is 0.655. The van der Waals surface area contributed by atoms with Crippen LogP contribution in [0.3, 0.4) is 0 Å². The lowest BCUT2D eigenvalue weighted by molar-refractivity contribution is 0.131. The summed E-state index contributed by atoms with van der Waals surface area (Å²) in [5.41, 5.74) is 5.60. The Morgan fingerprint density at radius 1 is 1.33 bits per heavy atom. The van der Waals surface area contributed by atoms with Gasteiger partial charge in [-0.2, -0.15) is 0 Å². The van der Waals surface area contributed by atoms with E-state index in [1.54, 1.807) is 0 Å². The zero-order valence-electron chi connectivity index (χ0n) is 9.32. The summed E-state index contributed by atoms with van der Waals surface area (Å²) in [5.74, 6) is 0. The molecule has 0 saturated carbocycles. The molecule has 2 aliphatic rings. The van der Waals surface area contributed by atoms with Gasteiger partial charge in [0.15, 0.2) is 0 Å². The van der Waals surface area contributed by atoms with Crippen LogP contribution < -0.4 is 10.9 Å². The Hall–Kier alpha value is -0.810. The van der Waals surface area contributed by atoms with Gasteiger partial charge >= 0.3 is 6.09 Å². The molecule has 2 rings (SSSR count). The summed E-state index contributed by atoms with van der Waals surface area (Å²) in [4.78, 5) is 13.4. The van der Waals surface area contributed by atoms with Crippen LogP contribution in [-0.4, -0.2) is 43.3 Å². The van der Waals surface area contributed by atoms with Crippen LogP contribution in [0.2, 0.25) is 0 Å². The minimum Gasteiger partial charge on any atom is -0.452 e. The summed E-state index contributed by atoms with van der Waals surface area (Å²) in [6.45, 7) is 0. The standard InChI is InChI=1S/C10H19N3O2/c1-13-8-3-4-9(13)6-7(5-8)11-12-10(14)15-2/h7-9,11H,3-6H2,1-2H3,(H,12,14)/t7?,8-,9+. The molecule has 0 aromatic heterocycles. The summed E-state index contributed by atoms with van der Waals surface area (Å²) in [6.07, 6.45) is 4.38. The van der Waals surface area contributed by atoms with E-state index in [2.05, 4.69) is 27.5 Å². The number of amides is 1. The van der Waals surface area contributed by atoms with Crippen LogP contribution in [-0.2, 0) is 4.74 Å². The molecule has 0 spiro atoms. The van der Waals surface area contributed by atoms with E-state index in [0.717, 1.165) is 12.8 Å². The zero-order valence-corrected chi connectivity index (χ0v) is 9.32. The third kappa shape index (κ3) is 2.23. The molecule has 5 nitrogen and oxygen atoms in total. The normalized spacial score (nSPS) is 35.2. The van der Waals surface area contributed by atoms with E-state index in [-0.39, 0.29) is 0 Å². The number of hydrogen-bond acceptors (Lipinski definition) is 4. The maximum Gasteiger partial charge on any atom is 0.421 e. The highest BCUT2D eigenvalue weighted by Crippen LogP contribution is 2.33. The molecule has 2 fully saturated rings. The van der Waals surface area contributed by atoms with E-state index in [0.29, 0.717) is 18.1 Å². The maximum absolute atomic E-state index is 10.9. The van der Waals surface area contributed by atoms with Crippen molar-refractivity contribution in [1.29, 1.82) is 0 Å². The minimum absolute atomic E-state index is 0.387. The number of rotatable bonds is 2. The van der Waals surface area contributed by atoms with E-state index in [1.807, 2.05) is 0 Å². The second-order valence-electron chi connectivity index (χ2n) is 4.48. The van der Waals surface area contributed by atoms with Gasteiger partial charge in [0.1, 0.15) is 0 Å². The topological polar surface area (TPSA) is 53.6 Å². The van der Waals surface area contributed by atoms with Gasteiger partial charge in [0, 0.05) is 18.1 Å². The number of carbonyl (C=O) groups is 1. The fraction of sp³-hybridized carbons (Fsp3) is 0.900. The van der Waals surface area contributed by atoms with E-state index in [9.17, 15) is 4.79 Å². The molecule has 0 aliphatic carbocycles. The second kappa shape index (κ2) is 4.37. The molecule has 3 atom stereocenters. The van der Waals surface area contributed by atoms with E-state index < -0.39 is 6.09 Å². The molecule has 0 aromatic rings. The van der Waals surface area contributed by atoms with Gasteiger partial charge in [-0.15, -0.1) is 0 Å². The third-order valence-corrected chi connectivity index (χ3v) is 3.66. The summed E-state index contributed by atoms with van der Waals surface area (Å²) in [5, 5.41) is 0. The molecule has 2 N–H and O–H groups in total. The van der Waals surface area contributed by atoms with Crippen LogP contribution >= 0.6 is 0 Å². The highest BCUT2D eigenvalue weighted by Gasteiger charge is 2.38. The first-order valence-corrected chi connectivity index (χ1v) is 5.52. The molecule has 2 saturated heterocycles. The zero-order chi connectivity index (χ0) is 10.8. The van der Waals surface area contributed by atoms with Crippen LogP contribution in [0.1, 0.15) is 25.7 Å². The lowest BCUT2D eigenvalue weighted by Gasteiger charge is -2.36. The Morgan fingerprint density at radius 3 is 2.47 bits per heavy atom. The molecule has 2 bridgehead atoms. The van der Waals surface area contributed by atoms with Gasteiger partial charge in [0.25, 0.3) is 0 Å². The molecule has 0 radical (unpaired) electrons. The first-order chi connectivity index (χ1) is 7.20. The predicted molar refractivity (Wildman–Crippen MR) is 56.3 cm³/mol. The third-order valence-electron chi connectivity index (χ3n) is 3.66. The van der Waals surface area contributed by atoms with Crippen molar-refractivity contribution in [2.45, 2.75) is 43.8 Å². The fourth-order valence-electron chi connectivity index (χ4n) is 2.74. The Bertz CT molecular complexity index is 233. The van der Waals surface area contributed by atoms with Crippen LogP contribution in [0.15, 0.2) is 0 Å². The summed E-state index contributed by atoms with van der Waals surface area (Å²) in [7, 11) is 3.57. The Morgan fingerprint density at radius 2 is 1.93 bits per heavy atom. The highest BCUT2D eigenvalue weighted by atomic mass is 16.5. The lowest BCUT2D eigenvalue weighted by Crippen LogP contribution is -2.52. The highest BCUT2D eigenvalue weighted by molar-refractivity contribution is 5.66. The average molecular weight is 213 g/mol. The molecular formula is C10H19N3O2. The minimum atomic E-state index is -0.415. The van der Waals surface area contributed by atoms with E-state index in [4.69, 9.17) is 0 Å². The van der Waals surface area contributed by atoms with Crippen molar-refractivity contribution in [2.24, 2.45) is 0 Å². The molecule has 5 heteroatoms. The van der Waals surface area contributed by atoms with Crippen molar-refractivity contribution in [3.05, 3.63) is 0 Å². The average Bonchev–Trinajstić information content (AvgIpc) is 2.50. The van der Waals surface area contributed by atoms with Crippen molar-refractivity contribution in [2.75, 3.05) is 14.2 Å². The Labute approximate surface area is 90.1 Å². The van der Waals surface area contributed by atoms with Gasteiger partial charge in [0.05, 0.1) is 7.11 Å². The number of ether oxygens (including phenoxy) is 1. The van der Waals surface area contributed by atoms with Crippen LogP contribution in [0.5, 0.6) is 0 Å². The smallest absolute Gasteiger partial charge is 0.421 e. The van der Waals surface area contributed by atoms with Crippen molar-refractivity contribution in [3.8, 4) is 0 Å². The van der Waals surface area contributed by atoms with Gasteiger partial charge in [-0.1, -0.05) is 0 Å². The fourth-order valence-corrected chi connectivity index (χ4v) is 2.74. The van der Waals surface area contributed by atoms with Crippen molar-refractivity contribution < 1.29 is 9.53 Å². The molecular weight excluding hydrogens is 194 g/mol. The molecule has 1 unspecified atom stereocenters. The molecule has 15 heavy (non-hydrogen) atoms. The number of methoxy groups -OCH3 is 1. The molecule has 86 valence electrons. The number of hydrazine groups is 1. The van der Waals surface area contributed by atoms with Gasteiger partial charge in [-0.25, -0.2) is 10.2 Å². The number of fused-ring (bicyclic) bond motifs is 2. The number of nitrogens with one attached hydrogen (secondary N) is 2. The number of carbonyl (C=O) groups excluding carboxylic acids is 1. The first kappa shape index (κ1) is 10.7. The van der Waals surface area contributed by atoms with Gasteiger partial charge in [-0.3, -0.25) is 5.43 Å². The number of piperidine rings is 1. The van der Waals surface area contributed by atoms with Crippen LogP contribution in [0, 0.1) is 0 Å². The monoisotopic (exact) mass is 213 g/mol. The first-order valence-electron chi connectivity index (χ1n) is 5.52. The number of hydrogen-bond donors (Lipinski definition) is 2. The molecule has 0 aromatic carbocycles. The van der Waals surface area contributed by atoms with E-state index >= 15 is 0 Å². The van der Waals surface area contributed by atoms with Crippen molar-refractivity contribution in [1.82, 2.24) is 15.8 Å². The maximum atomic E-state index is 10.9. The SMILES string of the molecule is COC(=O)NNC1C[C@H]2CC[C@@H](C1)N2C. The Balaban J connectivity index is 1.79. The number of nitrogens with zero attached hydrogens (tertiary/aromatic N) is 1. The van der Waals surface area contributed by atoms with Crippen molar-refractivity contribution in [3.63, 3.8) is 0 Å². The predicted octanol–water partition coefficient (Wildman–Crippen LogP) is 0.472. The van der Waals surface area contributed by atoms with Gasteiger partial charge in [0.2, 0.25) is 0 Å². The van der Waals surface area contributed by atoms with Crippen molar-refractivity contribution >= 4 is 6.09 Å². The van der Waals surface area contributed by atoms with Crippen LogP contribution in [0.25, 0.3) is 0 Å². The van der Waals surface area contributed by atoms with Crippen LogP contribution in [0.4, 0.5) is 4.79 Å². The summed E-state index contributed by atoms with van der Waals surface area (Å²) >= 11 is 0. The second-order valence-corrected chi connectivity index (χ2v) is 4.48. The summed E-state index contributed by atoms with van der Waals surface area (Å²) < 4.78 is 4.51. The Kier molecular flexibility index (Phi) is 3.11.